The highest BCUT2D eigenvalue weighted by Crippen LogP contribution is 2.37. The Kier molecular flexibility index (Phi) is 5.02. The summed E-state index contributed by atoms with van der Waals surface area (Å²) in [6.45, 7) is 2.39. The second kappa shape index (κ2) is 7.21. The molecule has 2 amide bonds. The van der Waals surface area contributed by atoms with E-state index in [1.807, 2.05) is 31.2 Å². The maximum Gasteiger partial charge on any atom is 0.319 e. The van der Waals surface area contributed by atoms with Crippen molar-refractivity contribution >= 4 is 45.7 Å². The first-order valence-corrected chi connectivity index (χ1v) is 8.41. The topological polar surface area (TPSA) is 61.4 Å². The van der Waals surface area contributed by atoms with Crippen molar-refractivity contribution in [2.75, 3.05) is 5.32 Å². The molecule has 0 bridgehead atoms. The van der Waals surface area contributed by atoms with Gasteiger partial charge in [-0.15, -0.1) is 0 Å². The molecule has 0 aliphatic carbocycles. The molecule has 3 N–H and O–H groups in total. The smallest absolute Gasteiger partial charge is 0.319 e. The first-order chi connectivity index (χ1) is 11.9. The first kappa shape index (κ1) is 17.4. The summed E-state index contributed by atoms with van der Waals surface area (Å²) in [6.07, 6.45) is 0. The number of aromatic hydroxyl groups is 1. The number of fused-ring (bicyclic) bond motifs is 1. The van der Waals surface area contributed by atoms with Gasteiger partial charge >= 0.3 is 6.03 Å². The zero-order chi connectivity index (χ0) is 18.0. The molecule has 0 saturated heterocycles. The van der Waals surface area contributed by atoms with Crippen LogP contribution in [0.15, 0.2) is 48.5 Å². The van der Waals surface area contributed by atoms with Gasteiger partial charge < -0.3 is 15.7 Å². The lowest BCUT2D eigenvalue weighted by Gasteiger charge is -2.13. The van der Waals surface area contributed by atoms with Crippen LogP contribution < -0.4 is 10.6 Å². The summed E-state index contributed by atoms with van der Waals surface area (Å²) < 4.78 is 0. The third-order valence-electron chi connectivity index (χ3n) is 3.80. The number of phenols is 1. The first-order valence-electron chi connectivity index (χ1n) is 7.65. The number of amides is 2. The molecule has 0 aliphatic heterocycles. The molecular formula is C19H16Cl2N2O2. The van der Waals surface area contributed by atoms with Gasteiger partial charge in [0.2, 0.25) is 0 Å². The van der Waals surface area contributed by atoms with Crippen LogP contribution >= 0.6 is 23.2 Å². The number of carbonyl (C=O) groups excluding carboxylic acids is 1. The number of anilines is 1. The van der Waals surface area contributed by atoms with E-state index in [2.05, 4.69) is 10.6 Å². The number of aryl methyl sites for hydroxylation is 1. The molecule has 3 rings (SSSR count). The van der Waals surface area contributed by atoms with Crippen LogP contribution in [0.1, 0.15) is 11.1 Å². The van der Waals surface area contributed by atoms with Crippen LogP contribution in [0.5, 0.6) is 5.75 Å². The Morgan fingerprint density at radius 2 is 1.84 bits per heavy atom. The lowest BCUT2D eigenvalue weighted by Crippen LogP contribution is -2.28. The quantitative estimate of drug-likeness (QED) is 0.568. The van der Waals surface area contributed by atoms with Gasteiger partial charge in [-0.25, -0.2) is 4.79 Å². The highest BCUT2D eigenvalue weighted by molar-refractivity contribution is 6.41. The van der Waals surface area contributed by atoms with E-state index in [0.717, 1.165) is 11.1 Å². The van der Waals surface area contributed by atoms with E-state index in [4.69, 9.17) is 23.2 Å². The predicted octanol–water partition coefficient (Wildman–Crippen LogP) is 5.48. The third kappa shape index (κ3) is 3.98. The van der Waals surface area contributed by atoms with Crippen molar-refractivity contribution in [1.82, 2.24) is 5.32 Å². The van der Waals surface area contributed by atoms with Crippen LogP contribution in [0.3, 0.4) is 0 Å². The Labute approximate surface area is 155 Å². The Hall–Kier alpha value is -2.43. The van der Waals surface area contributed by atoms with E-state index >= 15 is 0 Å². The largest absolute Gasteiger partial charge is 0.508 e. The molecule has 0 fully saturated rings. The van der Waals surface area contributed by atoms with Crippen LogP contribution in [0.4, 0.5) is 10.5 Å². The van der Waals surface area contributed by atoms with E-state index in [9.17, 15) is 9.90 Å². The minimum atomic E-state index is -0.393. The molecule has 0 radical (unpaired) electrons. The highest BCUT2D eigenvalue weighted by Gasteiger charge is 2.13. The number of halogens is 2. The van der Waals surface area contributed by atoms with E-state index in [1.54, 1.807) is 12.1 Å². The number of urea groups is 1. The second-order valence-corrected chi connectivity index (χ2v) is 6.56. The maximum atomic E-state index is 12.3. The number of rotatable bonds is 3. The number of carbonyl (C=O) groups is 1. The molecule has 0 unspecified atom stereocenters. The van der Waals surface area contributed by atoms with E-state index < -0.39 is 6.03 Å². The van der Waals surface area contributed by atoms with Gasteiger partial charge in [-0.2, -0.15) is 0 Å². The second-order valence-electron chi connectivity index (χ2n) is 5.74. The molecule has 4 nitrogen and oxygen atoms in total. The average molecular weight is 375 g/mol. The van der Waals surface area contributed by atoms with Crippen LogP contribution in [-0.2, 0) is 6.54 Å². The Balaban J connectivity index is 1.82. The molecule has 0 heterocycles. The van der Waals surface area contributed by atoms with Crippen LogP contribution in [-0.4, -0.2) is 11.1 Å². The number of hydrogen-bond acceptors (Lipinski definition) is 2. The average Bonchev–Trinajstić information content (AvgIpc) is 2.56. The van der Waals surface area contributed by atoms with Gasteiger partial charge in [0.25, 0.3) is 0 Å². The summed E-state index contributed by atoms with van der Waals surface area (Å²) in [6, 6.07) is 13.8. The summed E-state index contributed by atoms with van der Waals surface area (Å²) in [7, 11) is 0. The van der Waals surface area contributed by atoms with Crippen LogP contribution in [0.2, 0.25) is 10.0 Å². The fraction of sp³-hybridized carbons (Fsp3) is 0.105. The van der Waals surface area contributed by atoms with E-state index in [0.29, 0.717) is 33.0 Å². The Morgan fingerprint density at radius 1 is 1.04 bits per heavy atom. The molecular weight excluding hydrogens is 359 g/mol. The summed E-state index contributed by atoms with van der Waals surface area (Å²) in [4.78, 5) is 12.3. The monoisotopic (exact) mass is 374 g/mol. The van der Waals surface area contributed by atoms with Gasteiger partial charge in [0, 0.05) is 17.3 Å². The molecule has 0 saturated carbocycles. The van der Waals surface area contributed by atoms with Gasteiger partial charge in [-0.1, -0.05) is 53.0 Å². The number of nitrogens with one attached hydrogen (secondary N) is 2. The molecule has 0 atom stereocenters. The van der Waals surface area contributed by atoms with Crippen molar-refractivity contribution in [3.05, 3.63) is 69.7 Å². The van der Waals surface area contributed by atoms with Gasteiger partial charge in [-0.05, 0) is 36.8 Å². The summed E-state index contributed by atoms with van der Waals surface area (Å²) in [5, 5.41) is 17.3. The number of benzene rings is 3. The highest BCUT2D eigenvalue weighted by atomic mass is 35.5. The SMILES string of the molecule is Cc1cccc(CNC(=O)Nc2c(Cl)cc(Cl)c3ccc(O)cc23)c1. The lowest BCUT2D eigenvalue weighted by molar-refractivity contribution is 0.252. The minimum Gasteiger partial charge on any atom is -0.508 e. The summed E-state index contributed by atoms with van der Waals surface area (Å²) in [5.41, 5.74) is 2.53. The molecule has 3 aromatic rings. The normalized spacial score (nSPS) is 10.7. The Morgan fingerprint density at radius 3 is 2.60 bits per heavy atom. The van der Waals surface area contributed by atoms with Crippen molar-refractivity contribution in [2.45, 2.75) is 13.5 Å². The van der Waals surface area contributed by atoms with Crippen molar-refractivity contribution in [3.63, 3.8) is 0 Å². The molecule has 25 heavy (non-hydrogen) atoms. The summed E-state index contributed by atoms with van der Waals surface area (Å²) in [5.74, 6) is 0.0639. The van der Waals surface area contributed by atoms with E-state index in [1.165, 1.54) is 12.1 Å². The van der Waals surface area contributed by atoms with Crippen LogP contribution in [0.25, 0.3) is 10.8 Å². The fourth-order valence-electron chi connectivity index (χ4n) is 2.63. The fourth-order valence-corrected chi connectivity index (χ4v) is 3.21. The molecule has 6 heteroatoms. The minimum absolute atomic E-state index is 0.0639. The van der Waals surface area contributed by atoms with Crippen molar-refractivity contribution in [1.29, 1.82) is 0 Å². The maximum absolute atomic E-state index is 12.3. The zero-order valence-electron chi connectivity index (χ0n) is 13.4. The zero-order valence-corrected chi connectivity index (χ0v) is 14.9. The Bertz CT molecular complexity index is 958. The van der Waals surface area contributed by atoms with Gasteiger partial charge in [0.1, 0.15) is 5.75 Å². The van der Waals surface area contributed by atoms with Gasteiger partial charge in [0.15, 0.2) is 0 Å². The number of hydrogen-bond donors (Lipinski definition) is 3. The molecule has 128 valence electrons. The summed E-state index contributed by atoms with van der Waals surface area (Å²) >= 11 is 12.4. The van der Waals surface area contributed by atoms with Crippen molar-refractivity contribution < 1.29 is 9.90 Å². The molecule has 0 spiro atoms. The molecule has 0 aliphatic rings. The van der Waals surface area contributed by atoms with Crippen LogP contribution in [0, 0.1) is 6.92 Å². The standard InChI is InChI=1S/C19H16Cl2N2O2/c1-11-3-2-4-12(7-11)10-22-19(25)23-18-15-8-13(24)5-6-14(15)16(20)9-17(18)21/h2-9,24H,10H2,1H3,(H2,22,23,25). The molecule has 0 aromatic heterocycles. The van der Waals surface area contributed by atoms with Gasteiger partial charge in [0.05, 0.1) is 15.7 Å². The number of phenolic OH excluding ortho intramolecular Hbond substituents is 1. The van der Waals surface area contributed by atoms with E-state index in [-0.39, 0.29) is 5.75 Å². The molecule has 3 aromatic carbocycles. The lowest BCUT2D eigenvalue weighted by atomic mass is 10.1. The third-order valence-corrected chi connectivity index (χ3v) is 4.41. The van der Waals surface area contributed by atoms with Gasteiger partial charge in [-0.3, -0.25) is 0 Å². The van der Waals surface area contributed by atoms with Crippen molar-refractivity contribution in [3.8, 4) is 5.75 Å². The van der Waals surface area contributed by atoms with Crippen molar-refractivity contribution in [2.24, 2.45) is 0 Å². The predicted molar refractivity (Wildman–Crippen MR) is 103 cm³/mol.